The van der Waals surface area contributed by atoms with Crippen LogP contribution in [0.1, 0.15) is 31.7 Å². The summed E-state index contributed by atoms with van der Waals surface area (Å²) in [5.41, 5.74) is 0.591. The lowest BCUT2D eigenvalue weighted by molar-refractivity contribution is -0.142. The zero-order valence-corrected chi connectivity index (χ0v) is 11.8. The molecule has 2 N–H and O–H groups in total. The van der Waals surface area contributed by atoms with E-state index in [1.807, 2.05) is 0 Å². The van der Waals surface area contributed by atoms with E-state index in [2.05, 4.69) is 5.32 Å². The fraction of sp³-hybridized carbons (Fsp3) is 0.467. The maximum atomic E-state index is 13.2. The van der Waals surface area contributed by atoms with Gasteiger partial charge < -0.3 is 10.4 Å². The van der Waals surface area contributed by atoms with Gasteiger partial charge in [-0.05, 0) is 43.9 Å². The molecule has 0 bridgehead atoms. The summed E-state index contributed by atoms with van der Waals surface area (Å²) >= 11 is 0. The minimum atomic E-state index is -0.976. The number of benzene rings is 1. The lowest BCUT2D eigenvalue weighted by Crippen LogP contribution is -2.40. The van der Waals surface area contributed by atoms with Crippen LogP contribution in [-0.2, 0) is 9.59 Å². The topological polar surface area (TPSA) is 66.4 Å². The molecule has 4 unspecified atom stereocenters. The Kier molecular flexibility index (Phi) is 4.25. The van der Waals surface area contributed by atoms with Crippen LogP contribution in [0.25, 0.3) is 0 Å². The first-order valence-electron chi connectivity index (χ1n) is 6.79. The lowest BCUT2D eigenvalue weighted by Gasteiger charge is -2.17. The number of aliphatic carboxylic acids is 1. The van der Waals surface area contributed by atoms with Gasteiger partial charge in [-0.1, -0.05) is 6.07 Å². The summed E-state index contributed by atoms with van der Waals surface area (Å²) < 4.78 is 26.0. The van der Waals surface area contributed by atoms with Gasteiger partial charge in [-0.3, -0.25) is 9.59 Å². The highest BCUT2D eigenvalue weighted by Crippen LogP contribution is 2.47. The molecule has 4 nitrogen and oxygen atoms in total. The van der Waals surface area contributed by atoms with E-state index in [0.717, 1.165) is 12.1 Å². The number of carbonyl (C=O) groups is 2. The smallest absolute Gasteiger partial charge is 0.308 e. The van der Waals surface area contributed by atoms with Crippen LogP contribution in [0, 0.1) is 23.5 Å². The first-order valence-corrected chi connectivity index (χ1v) is 6.79. The Bertz CT molecular complexity index is 576. The van der Waals surface area contributed by atoms with E-state index >= 15 is 0 Å². The number of halogens is 2. The van der Waals surface area contributed by atoms with E-state index in [4.69, 9.17) is 5.11 Å². The molecule has 0 saturated heterocycles. The molecule has 1 fully saturated rings. The molecule has 0 spiro atoms. The molecule has 1 aromatic rings. The molecule has 114 valence electrons. The number of hydrogen-bond acceptors (Lipinski definition) is 2. The Hall–Kier alpha value is -1.98. The van der Waals surface area contributed by atoms with Crippen LogP contribution in [0.15, 0.2) is 18.2 Å². The highest BCUT2D eigenvalue weighted by Gasteiger charge is 2.44. The van der Waals surface area contributed by atoms with Crippen LogP contribution in [0.3, 0.4) is 0 Å². The van der Waals surface area contributed by atoms with Gasteiger partial charge >= 0.3 is 5.97 Å². The number of carbonyl (C=O) groups excluding carboxylic acids is 1. The normalized spacial score (nSPS) is 23.2. The molecule has 1 saturated carbocycles. The Morgan fingerprint density at radius 2 is 1.95 bits per heavy atom. The third-order valence-corrected chi connectivity index (χ3v) is 4.01. The number of carboxylic acids is 1. The number of nitrogens with one attached hydrogen (secondary N) is 1. The van der Waals surface area contributed by atoms with E-state index in [1.54, 1.807) is 6.92 Å². The fourth-order valence-electron chi connectivity index (χ4n) is 2.27. The van der Waals surface area contributed by atoms with Crippen molar-refractivity contribution in [1.82, 2.24) is 5.32 Å². The maximum absolute atomic E-state index is 13.2. The summed E-state index contributed by atoms with van der Waals surface area (Å²) in [5.74, 6) is -4.18. The van der Waals surface area contributed by atoms with E-state index in [0.29, 0.717) is 12.0 Å². The molecule has 2 rings (SSSR count). The van der Waals surface area contributed by atoms with Crippen LogP contribution in [-0.4, -0.2) is 23.0 Å². The predicted octanol–water partition coefficient (Wildman–Crippen LogP) is 2.29. The molecule has 4 atom stereocenters. The molecule has 1 aliphatic rings. The van der Waals surface area contributed by atoms with E-state index in [9.17, 15) is 18.4 Å². The summed E-state index contributed by atoms with van der Waals surface area (Å²) in [4.78, 5) is 22.8. The van der Waals surface area contributed by atoms with Crippen molar-refractivity contribution in [2.75, 3.05) is 0 Å². The van der Waals surface area contributed by atoms with Crippen molar-refractivity contribution in [1.29, 1.82) is 0 Å². The SMILES string of the molecule is CC(NC(=O)C1CC1c1ccc(F)c(F)c1)C(C)C(=O)O. The van der Waals surface area contributed by atoms with Gasteiger partial charge in [0.15, 0.2) is 11.6 Å². The van der Waals surface area contributed by atoms with Crippen molar-refractivity contribution in [2.45, 2.75) is 32.2 Å². The van der Waals surface area contributed by atoms with Crippen molar-refractivity contribution >= 4 is 11.9 Å². The van der Waals surface area contributed by atoms with Gasteiger partial charge in [-0.15, -0.1) is 0 Å². The molecular formula is C15H17F2NO3. The molecule has 0 radical (unpaired) electrons. The van der Waals surface area contributed by atoms with Gasteiger partial charge in [-0.25, -0.2) is 8.78 Å². The number of rotatable bonds is 5. The van der Waals surface area contributed by atoms with E-state index < -0.39 is 29.6 Å². The Balaban J connectivity index is 1.95. The van der Waals surface area contributed by atoms with Gasteiger partial charge in [-0.2, -0.15) is 0 Å². The molecule has 0 aromatic heterocycles. The van der Waals surface area contributed by atoms with Gasteiger partial charge in [0.25, 0.3) is 0 Å². The standard InChI is InChI=1S/C15H17F2NO3/c1-7(15(20)21)8(2)18-14(19)11-6-10(11)9-3-4-12(16)13(17)5-9/h3-5,7-8,10-11H,6H2,1-2H3,(H,18,19)(H,20,21). The maximum Gasteiger partial charge on any atom is 0.308 e. The Labute approximate surface area is 121 Å². The highest BCUT2D eigenvalue weighted by atomic mass is 19.2. The molecule has 6 heteroatoms. The highest BCUT2D eigenvalue weighted by molar-refractivity contribution is 5.83. The summed E-state index contributed by atoms with van der Waals surface area (Å²) in [5, 5.41) is 11.5. The number of amides is 1. The first kappa shape index (κ1) is 15.4. The molecule has 0 aliphatic heterocycles. The second-order valence-electron chi connectivity index (χ2n) is 5.55. The van der Waals surface area contributed by atoms with Crippen molar-refractivity contribution in [3.05, 3.63) is 35.4 Å². The molecule has 1 aliphatic carbocycles. The monoisotopic (exact) mass is 297 g/mol. The second-order valence-corrected chi connectivity index (χ2v) is 5.55. The Morgan fingerprint density at radius 1 is 1.29 bits per heavy atom. The molecular weight excluding hydrogens is 280 g/mol. The quantitative estimate of drug-likeness (QED) is 0.876. The van der Waals surface area contributed by atoms with Crippen LogP contribution in [0.5, 0.6) is 0 Å². The van der Waals surface area contributed by atoms with Gasteiger partial charge in [0.05, 0.1) is 5.92 Å². The Morgan fingerprint density at radius 3 is 2.52 bits per heavy atom. The van der Waals surface area contributed by atoms with Gasteiger partial charge in [0.2, 0.25) is 5.91 Å². The van der Waals surface area contributed by atoms with E-state index in [-0.39, 0.29) is 17.7 Å². The second kappa shape index (κ2) is 5.79. The van der Waals surface area contributed by atoms with Crippen molar-refractivity contribution in [3.8, 4) is 0 Å². The molecule has 0 heterocycles. The van der Waals surface area contributed by atoms with Crippen molar-refractivity contribution in [3.63, 3.8) is 0 Å². The summed E-state index contributed by atoms with van der Waals surface area (Å²) in [6.07, 6.45) is 0.561. The number of carboxylic acid groups (broad SMARTS) is 1. The summed E-state index contributed by atoms with van der Waals surface area (Å²) in [6, 6.07) is 3.14. The lowest BCUT2D eigenvalue weighted by atomic mass is 10.0. The van der Waals surface area contributed by atoms with Crippen molar-refractivity contribution < 1.29 is 23.5 Å². The van der Waals surface area contributed by atoms with Crippen LogP contribution in [0.4, 0.5) is 8.78 Å². The summed E-state index contributed by atoms with van der Waals surface area (Å²) in [6.45, 7) is 3.15. The third kappa shape index (κ3) is 3.37. The largest absolute Gasteiger partial charge is 0.481 e. The van der Waals surface area contributed by atoms with Crippen LogP contribution < -0.4 is 5.32 Å². The van der Waals surface area contributed by atoms with Crippen molar-refractivity contribution in [2.24, 2.45) is 11.8 Å². The average molecular weight is 297 g/mol. The van der Waals surface area contributed by atoms with Crippen LogP contribution >= 0.6 is 0 Å². The minimum Gasteiger partial charge on any atom is -0.481 e. The van der Waals surface area contributed by atoms with E-state index in [1.165, 1.54) is 13.0 Å². The zero-order valence-electron chi connectivity index (χ0n) is 11.8. The zero-order chi connectivity index (χ0) is 15.7. The average Bonchev–Trinajstić information content (AvgIpc) is 3.21. The summed E-state index contributed by atoms with van der Waals surface area (Å²) in [7, 11) is 0. The molecule has 1 amide bonds. The van der Waals surface area contributed by atoms with Gasteiger partial charge in [0.1, 0.15) is 0 Å². The molecule has 21 heavy (non-hydrogen) atoms. The minimum absolute atomic E-state index is 0.132. The first-order chi connectivity index (χ1) is 9.81. The third-order valence-electron chi connectivity index (χ3n) is 4.01. The molecule has 1 aromatic carbocycles. The van der Waals surface area contributed by atoms with Crippen LogP contribution in [0.2, 0.25) is 0 Å². The fourth-order valence-corrected chi connectivity index (χ4v) is 2.27. The van der Waals surface area contributed by atoms with Gasteiger partial charge in [0, 0.05) is 12.0 Å². The predicted molar refractivity (Wildman–Crippen MR) is 71.6 cm³/mol. The number of hydrogen-bond donors (Lipinski definition) is 2.